The molecule has 0 unspecified atom stereocenters. The molecule has 2 aromatic carbocycles. The summed E-state index contributed by atoms with van der Waals surface area (Å²) in [6.45, 7) is 1.79. The summed E-state index contributed by atoms with van der Waals surface area (Å²) in [5, 5.41) is 0.692. The molecule has 0 saturated carbocycles. The maximum absolute atomic E-state index is 13.3. The third-order valence-electron chi connectivity index (χ3n) is 3.27. The predicted octanol–water partition coefficient (Wildman–Crippen LogP) is 4.05. The number of hydrogen-bond donors (Lipinski definition) is 0. The molecule has 2 nitrogen and oxygen atoms in total. The van der Waals surface area contributed by atoms with Crippen LogP contribution in [-0.2, 0) is 0 Å². The number of hydrogen-bond acceptors (Lipinski definition) is 2. The van der Waals surface area contributed by atoms with Gasteiger partial charge in [0.1, 0.15) is 0 Å². The molecule has 0 aliphatic heterocycles. The van der Waals surface area contributed by atoms with Gasteiger partial charge in [-0.05, 0) is 37.3 Å². The number of para-hydroxylation sites is 1. The lowest BCUT2D eigenvalue weighted by Gasteiger charge is -2.07. The Bertz CT molecular complexity index is 859. The number of aryl methyl sites for hydroxylation is 1. The van der Waals surface area contributed by atoms with Crippen LogP contribution >= 0.6 is 0 Å². The van der Waals surface area contributed by atoms with Gasteiger partial charge in [-0.15, -0.1) is 0 Å². The second-order valence-electron chi connectivity index (χ2n) is 4.79. The Kier molecular flexibility index (Phi) is 3.22. The average Bonchev–Trinajstić information content (AvgIpc) is 2.48. The van der Waals surface area contributed by atoms with E-state index in [1.54, 1.807) is 25.1 Å². The highest BCUT2D eigenvalue weighted by Crippen LogP contribution is 2.22. The second-order valence-corrected chi connectivity index (χ2v) is 4.79. The van der Waals surface area contributed by atoms with Gasteiger partial charge in [-0.3, -0.25) is 9.78 Å². The van der Waals surface area contributed by atoms with E-state index in [2.05, 4.69) is 4.98 Å². The van der Waals surface area contributed by atoms with Crippen molar-refractivity contribution in [1.82, 2.24) is 4.98 Å². The van der Waals surface area contributed by atoms with Crippen LogP contribution in [0.2, 0.25) is 0 Å². The Morgan fingerprint density at radius 1 is 1.00 bits per heavy atom. The smallest absolute Gasteiger partial charge is 0.193 e. The second kappa shape index (κ2) is 5.05. The van der Waals surface area contributed by atoms with E-state index in [-0.39, 0.29) is 11.3 Å². The van der Waals surface area contributed by atoms with Crippen LogP contribution in [0.1, 0.15) is 21.6 Å². The third-order valence-corrected chi connectivity index (χ3v) is 3.27. The molecule has 0 N–H and O–H groups in total. The summed E-state index contributed by atoms with van der Waals surface area (Å²) in [4.78, 5) is 16.9. The summed E-state index contributed by atoms with van der Waals surface area (Å²) in [6.07, 6.45) is 0. The van der Waals surface area contributed by atoms with Gasteiger partial charge < -0.3 is 0 Å². The Hall–Kier alpha value is -2.62. The van der Waals surface area contributed by atoms with Gasteiger partial charge in [-0.1, -0.05) is 18.2 Å². The van der Waals surface area contributed by atoms with Gasteiger partial charge in [0.2, 0.25) is 0 Å². The van der Waals surface area contributed by atoms with Crippen molar-refractivity contribution in [2.75, 3.05) is 0 Å². The highest BCUT2D eigenvalue weighted by Gasteiger charge is 2.15. The molecule has 3 aromatic rings. The zero-order valence-electron chi connectivity index (χ0n) is 11.2. The Balaban J connectivity index is 2.19. The van der Waals surface area contributed by atoms with Crippen molar-refractivity contribution < 1.29 is 13.6 Å². The molecule has 3 rings (SSSR count). The van der Waals surface area contributed by atoms with Gasteiger partial charge in [-0.25, -0.2) is 8.78 Å². The van der Waals surface area contributed by atoms with Crippen molar-refractivity contribution in [1.29, 1.82) is 0 Å². The van der Waals surface area contributed by atoms with E-state index in [0.717, 1.165) is 12.1 Å². The molecule has 1 aromatic heterocycles. The first-order valence-corrected chi connectivity index (χ1v) is 6.42. The third kappa shape index (κ3) is 2.40. The molecule has 0 atom stereocenters. The van der Waals surface area contributed by atoms with Crippen LogP contribution in [0.5, 0.6) is 0 Å². The van der Waals surface area contributed by atoms with Crippen molar-refractivity contribution in [2.45, 2.75) is 6.92 Å². The molecule has 0 aliphatic rings. The summed E-state index contributed by atoms with van der Waals surface area (Å²) < 4.78 is 26.3. The van der Waals surface area contributed by atoms with Crippen LogP contribution in [0.4, 0.5) is 8.78 Å². The molecule has 21 heavy (non-hydrogen) atoms. The normalized spacial score (nSPS) is 10.8. The lowest BCUT2D eigenvalue weighted by Crippen LogP contribution is -2.05. The van der Waals surface area contributed by atoms with E-state index in [1.807, 2.05) is 12.1 Å². The van der Waals surface area contributed by atoms with Crippen LogP contribution in [0.3, 0.4) is 0 Å². The summed E-state index contributed by atoms with van der Waals surface area (Å²) in [5.74, 6) is -2.35. The summed E-state index contributed by atoms with van der Waals surface area (Å²) in [7, 11) is 0. The lowest BCUT2D eigenvalue weighted by atomic mass is 9.99. The number of rotatable bonds is 2. The maximum atomic E-state index is 13.3. The minimum atomic E-state index is -1.03. The molecule has 4 heteroatoms. The van der Waals surface area contributed by atoms with Gasteiger partial charge in [0.05, 0.1) is 5.52 Å². The van der Waals surface area contributed by atoms with Crippen molar-refractivity contribution in [3.63, 3.8) is 0 Å². The largest absolute Gasteiger partial charge is 0.289 e. The first-order chi connectivity index (χ1) is 10.1. The van der Waals surface area contributed by atoms with Crippen molar-refractivity contribution >= 4 is 16.7 Å². The number of nitrogens with zero attached hydrogens (tertiary/aromatic N) is 1. The van der Waals surface area contributed by atoms with Crippen molar-refractivity contribution in [3.05, 3.63) is 77.0 Å². The standard InChI is InChI=1S/C17H11F2NO/c1-10-8-13(12-4-2-3-5-16(12)20-10)17(21)11-6-7-14(18)15(19)9-11/h2-9H,1H3. The van der Waals surface area contributed by atoms with Crippen molar-refractivity contribution in [3.8, 4) is 0 Å². The number of carbonyl (C=O) groups excluding carboxylic acids is 1. The fraction of sp³-hybridized carbons (Fsp3) is 0.0588. The minimum Gasteiger partial charge on any atom is -0.289 e. The van der Waals surface area contributed by atoms with Crippen molar-refractivity contribution in [2.24, 2.45) is 0 Å². The molecule has 0 aliphatic carbocycles. The molecule has 0 spiro atoms. The molecular formula is C17H11F2NO. The summed E-state index contributed by atoms with van der Waals surface area (Å²) in [6, 6.07) is 12.1. The van der Waals surface area contributed by atoms with E-state index < -0.39 is 11.6 Å². The molecular weight excluding hydrogens is 272 g/mol. The quantitative estimate of drug-likeness (QED) is 0.664. The van der Waals surface area contributed by atoms with E-state index >= 15 is 0 Å². The topological polar surface area (TPSA) is 30.0 Å². The zero-order chi connectivity index (χ0) is 15.0. The van der Waals surface area contributed by atoms with E-state index in [1.165, 1.54) is 6.07 Å². The highest BCUT2D eigenvalue weighted by atomic mass is 19.2. The molecule has 1 heterocycles. The fourth-order valence-corrected chi connectivity index (χ4v) is 2.29. The number of carbonyl (C=O) groups is 1. The van der Waals surface area contributed by atoms with Gasteiger partial charge in [-0.2, -0.15) is 0 Å². The van der Waals surface area contributed by atoms with Crippen LogP contribution in [0.15, 0.2) is 48.5 Å². The number of aromatic nitrogens is 1. The van der Waals surface area contributed by atoms with E-state index in [0.29, 0.717) is 22.2 Å². The van der Waals surface area contributed by atoms with Gasteiger partial charge >= 0.3 is 0 Å². The number of fused-ring (bicyclic) bond motifs is 1. The lowest BCUT2D eigenvalue weighted by molar-refractivity contribution is 0.103. The first kappa shape index (κ1) is 13.4. The number of ketones is 1. The van der Waals surface area contributed by atoms with Crippen LogP contribution in [0.25, 0.3) is 10.9 Å². The maximum Gasteiger partial charge on any atom is 0.193 e. The Morgan fingerprint density at radius 2 is 1.76 bits per heavy atom. The molecule has 104 valence electrons. The Morgan fingerprint density at radius 3 is 2.52 bits per heavy atom. The highest BCUT2D eigenvalue weighted by molar-refractivity contribution is 6.16. The Labute approximate surface area is 120 Å². The van der Waals surface area contributed by atoms with E-state index in [9.17, 15) is 13.6 Å². The van der Waals surface area contributed by atoms with Crippen LogP contribution in [0, 0.1) is 18.6 Å². The van der Waals surface area contributed by atoms with Gasteiger partial charge in [0.15, 0.2) is 17.4 Å². The first-order valence-electron chi connectivity index (χ1n) is 6.42. The molecule has 0 fully saturated rings. The van der Waals surface area contributed by atoms with Crippen LogP contribution < -0.4 is 0 Å². The zero-order valence-corrected chi connectivity index (χ0v) is 11.2. The number of benzene rings is 2. The van der Waals surface area contributed by atoms with Gasteiger partial charge in [0.25, 0.3) is 0 Å². The molecule has 0 bridgehead atoms. The molecule has 0 amide bonds. The fourth-order valence-electron chi connectivity index (χ4n) is 2.29. The monoisotopic (exact) mass is 283 g/mol. The molecule has 0 saturated heterocycles. The van der Waals surface area contributed by atoms with Gasteiger partial charge in [0, 0.05) is 22.2 Å². The average molecular weight is 283 g/mol. The summed E-state index contributed by atoms with van der Waals surface area (Å²) >= 11 is 0. The van der Waals surface area contributed by atoms with E-state index in [4.69, 9.17) is 0 Å². The molecule has 0 radical (unpaired) electrons. The SMILES string of the molecule is Cc1cc(C(=O)c2ccc(F)c(F)c2)c2ccccc2n1. The van der Waals surface area contributed by atoms with Crippen LogP contribution in [-0.4, -0.2) is 10.8 Å². The number of halogens is 2. The predicted molar refractivity (Wildman–Crippen MR) is 76.3 cm³/mol. The number of pyridine rings is 1. The summed E-state index contributed by atoms with van der Waals surface area (Å²) in [5.41, 5.74) is 1.94. The minimum absolute atomic E-state index is 0.115.